The number of amides is 1. The molecule has 0 fully saturated rings. The zero-order chi connectivity index (χ0) is 26.5. The first-order valence-electron chi connectivity index (χ1n) is 11.5. The molecule has 0 aliphatic rings. The second-order valence-electron chi connectivity index (χ2n) is 9.43. The molecule has 36 heavy (non-hydrogen) atoms. The number of aliphatic carboxylic acids is 1. The van der Waals surface area contributed by atoms with E-state index in [1.54, 1.807) is 76.2 Å². The van der Waals surface area contributed by atoms with Gasteiger partial charge in [0.25, 0.3) is 0 Å². The van der Waals surface area contributed by atoms with E-state index < -0.39 is 29.5 Å². The lowest BCUT2D eigenvalue weighted by atomic mass is 9.97. The van der Waals surface area contributed by atoms with Gasteiger partial charge in [0.05, 0.1) is 12.5 Å². The van der Waals surface area contributed by atoms with E-state index in [-0.39, 0.29) is 29.9 Å². The first-order valence-corrected chi connectivity index (χ1v) is 11.5. The molecule has 0 saturated heterocycles. The number of hydrogen-bond donors (Lipinski definition) is 3. The summed E-state index contributed by atoms with van der Waals surface area (Å²) in [5.74, 6) is -1.17. The topological polar surface area (TPSA) is 105 Å². The van der Waals surface area contributed by atoms with E-state index >= 15 is 4.39 Å². The van der Waals surface area contributed by atoms with Crippen LogP contribution in [0.4, 0.5) is 9.18 Å². The number of carboxylic acids is 1. The van der Waals surface area contributed by atoms with Gasteiger partial charge < -0.3 is 25.0 Å². The first-order chi connectivity index (χ1) is 16.9. The second-order valence-corrected chi connectivity index (χ2v) is 9.43. The van der Waals surface area contributed by atoms with E-state index in [1.807, 2.05) is 0 Å². The third kappa shape index (κ3) is 7.21. The van der Waals surface area contributed by atoms with Crippen LogP contribution in [0.2, 0.25) is 0 Å². The molecule has 3 rings (SSSR count). The molecule has 3 aromatic carbocycles. The molecule has 0 bridgehead atoms. The van der Waals surface area contributed by atoms with Crippen molar-refractivity contribution in [2.24, 2.45) is 0 Å². The Hall–Kier alpha value is -4.07. The zero-order valence-electron chi connectivity index (χ0n) is 20.7. The first kappa shape index (κ1) is 26.5. The summed E-state index contributed by atoms with van der Waals surface area (Å²) in [6.07, 6.45) is -0.839. The predicted molar refractivity (Wildman–Crippen MR) is 133 cm³/mol. The van der Waals surface area contributed by atoms with Crippen LogP contribution in [0.1, 0.15) is 50.4 Å². The molecule has 8 heteroatoms. The van der Waals surface area contributed by atoms with Crippen molar-refractivity contribution in [3.8, 4) is 22.6 Å². The number of aromatic hydroxyl groups is 1. The van der Waals surface area contributed by atoms with Crippen molar-refractivity contribution in [1.82, 2.24) is 5.32 Å². The van der Waals surface area contributed by atoms with Gasteiger partial charge in [-0.25, -0.2) is 9.18 Å². The average molecular weight is 496 g/mol. The summed E-state index contributed by atoms with van der Waals surface area (Å²) in [6.45, 7) is 6.92. The molecule has 0 heterocycles. The Morgan fingerprint density at radius 2 is 1.78 bits per heavy atom. The Kier molecular flexibility index (Phi) is 8.19. The van der Waals surface area contributed by atoms with Gasteiger partial charge in [0.2, 0.25) is 0 Å². The van der Waals surface area contributed by atoms with Gasteiger partial charge in [-0.1, -0.05) is 36.4 Å². The highest BCUT2D eigenvalue weighted by molar-refractivity contribution is 5.71. The fraction of sp³-hybridized carbons (Fsp3) is 0.286. The number of phenols is 1. The quantitative estimate of drug-likeness (QED) is 0.355. The van der Waals surface area contributed by atoms with Crippen LogP contribution in [0.3, 0.4) is 0 Å². The standard InChI is InChI=1S/C28H30FNO6/c1-17(30-27(34)36-28(2,3)4)22-9-7-10-23(26(22)29)20-12-18(13-21(31)14-20)16-35-24-11-6-5-8-19(24)15-25(32)33/h5-14,17,31H,15-16H2,1-4H3,(H,30,34)(H,32,33). The van der Waals surface area contributed by atoms with Crippen LogP contribution < -0.4 is 10.1 Å². The Morgan fingerprint density at radius 1 is 1.06 bits per heavy atom. The van der Waals surface area contributed by atoms with E-state index in [9.17, 15) is 14.7 Å². The summed E-state index contributed by atoms with van der Waals surface area (Å²) in [5.41, 5.74) is 1.35. The van der Waals surface area contributed by atoms with Crippen molar-refractivity contribution in [2.45, 2.75) is 52.4 Å². The number of alkyl carbamates (subject to hydrolysis) is 1. The van der Waals surface area contributed by atoms with Crippen molar-refractivity contribution in [3.63, 3.8) is 0 Å². The van der Waals surface area contributed by atoms with Gasteiger partial charge in [-0.05, 0) is 63.1 Å². The van der Waals surface area contributed by atoms with Crippen LogP contribution in [-0.4, -0.2) is 27.9 Å². The number of para-hydroxylation sites is 1. The van der Waals surface area contributed by atoms with Crippen molar-refractivity contribution >= 4 is 12.1 Å². The number of hydrogen-bond acceptors (Lipinski definition) is 5. The number of carboxylic acid groups (broad SMARTS) is 1. The third-order valence-electron chi connectivity index (χ3n) is 5.23. The highest BCUT2D eigenvalue weighted by Gasteiger charge is 2.21. The molecule has 0 radical (unpaired) electrons. The van der Waals surface area contributed by atoms with Gasteiger partial charge in [0.1, 0.15) is 29.5 Å². The molecule has 1 atom stereocenters. The Morgan fingerprint density at radius 3 is 2.47 bits per heavy atom. The lowest BCUT2D eigenvalue weighted by Gasteiger charge is -2.22. The minimum absolute atomic E-state index is 0.0376. The predicted octanol–water partition coefficient (Wildman–Crippen LogP) is 5.99. The third-order valence-corrected chi connectivity index (χ3v) is 5.23. The van der Waals surface area contributed by atoms with E-state index in [1.165, 1.54) is 12.1 Å². The largest absolute Gasteiger partial charge is 0.508 e. The molecule has 7 nitrogen and oxygen atoms in total. The van der Waals surface area contributed by atoms with Crippen LogP contribution in [0.15, 0.2) is 60.7 Å². The van der Waals surface area contributed by atoms with Gasteiger partial charge in [-0.15, -0.1) is 0 Å². The van der Waals surface area contributed by atoms with Crippen molar-refractivity contribution in [3.05, 3.63) is 83.2 Å². The van der Waals surface area contributed by atoms with Gasteiger partial charge in [-0.2, -0.15) is 0 Å². The molecular weight excluding hydrogens is 465 g/mol. The van der Waals surface area contributed by atoms with Crippen LogP contribution in [0.5, 0.6) is 11.5 Å². The molecule has 0 aliphatic heterocycles. The summed E-state index contributed by atoms with van der Waals surface area (Å²) in [5, 5.41) is 22.0. The normalized spacial score (nSPS) is 12.0. The molecule has 3 N–H and O–H groups in total. The van der Waals surface area contributed by atoms with E-state index in [2.05, 4.69) is 5.32 Å². The molecule has 0 aliphatic carbocycles. The lowest BCUT2D eigenvalue weighted by molar-refractivity contribution is -0.136. The number of carbonyl (C=O) groups excluding carboxylic acids is 1. The number of rotatable bonds is 8. The zero-order valence-corrected chi connectivity index (χ0v) is 20.7. The van der Waals surface area contributed by atoms with Crippen molar-refractivity contribution in [1.29, 1.82) is 0 Å². The number of benzene rings is 3. The SMILES string of the molecule is CC(NC(=O)OC(C)(C)C)c1cccc(-c2cc(O)cc(COc3ccccc3CC(=O)O)c2)c1F. The van der Waals surface area contributed by atoms with Crippen LogP contribution in [0.25, 0.3) is 11.1 Å². The highest BCUT2D eigenvalue weighted by Crippen LogP contribution is 2.32. The number of ether oxygens (including phenoxy) is 2. The molecule has 0 aromatic heterocycles. The van der Waals surface area contributed by atoms with Gasteiger partial charge >= 0.3 is 12.1 Å². The number of nitrogens with one attached hydrogen (secondary N) is 1. The lowest BCUT2D eigenvalue weighted by Crippen LogP contribution is -2.34. The van der Waals surface area contributed by atoms with Gasteiger partial charge in [-0.3, -0.25) is 4.79 Å². The fourth-order valence-corrected chi connectivity index (χ4v) is 3.70. The number of carbonyl (C=O) groups is 2. The molecule has 0 spiro atoms. The van der Waals surface area contributed by atoms with Crippen LogP contribution in [0, 0.1) is 5.82 Å². The van der Waals surface area contributed by atoms with E-state index in [4.69, 9.17) is 14.6 Å². The molecule has 3 aromatic rings. The molecule has 1 unspecified atom stereocenters. The minimum Gasteiger partial charge on any atom is -0.508 e. The fourth-order valence-electron chi connectivity index (χ4n) is 3.70. The number of halogens is 1. The maximum Gasteiger partial charge on any atom is 0.408 e. The molecular formula is C28H30FNO6. The highest BCUT2D eigenvalue weighted by atomic mass is 19.1. The summed E-state index contributed by atoms with van der Waals surface area (Å²) in [4.78, 5) is 23.2. The molecule has 1 amide bonds. The van der Waals surface area contributed by atoms with Crippen LogP contribution >= 0.6 is 0 Å². The van der Waals surface area contributed by atoms with Gasteiger partial charge in [0, 0.05) is 16.7 Å². The summed E-state index contributed by atoms with van der Waals surface area (Å²) in [6, 6.07) is 15.6. The monoisotopic (exact) mass is 495 g/mol. The minimum atomic E-state index is -0.976. The van der Waals surface area contributed by atoms with Crippen molar-refractivity contribution < 1.29 is 33.7 Å². The van der Waals surface area contributed by atoms with Gasteiger partial charge in [0.15, 0.2) is 0 Å². The van der Waals surface area contributed by atoms with Crippen LogP contribution in [-0.2, 0) is 22.6 Å². The Bertz CT molecular complexity index is 1250. The molecule has 190 valence electrons. The average Bonchev–Trinajstić information content (AvgIpc) is 2.76. The Balaban J connectivity index is 1.83. The van der Waals surface area contributed by atoms with E-state index in [0.29, 0.717) is 22.4 Å². The summed E-state index contributed by atoms with van der Waals surface area (Å²) in [7, 11) is 0. The maximum absolute atomic E-state index is 15.5. The van der Waals surface area contributed by atoms with Crippen molar-refractivity contribution in [2.75, 3.05) is 0 Å². The maximum atomic E-state index is 15.5. The summed E-state index contributed by atoms with van der Waals surface area (Å²) < 4.78 is 26.6. The smallest absolute Gasteiger partial charge is 0.408 e. The Labute approximate surface area is 209 Å². The summed E-state index contributed by atoms with van der Waals surface area (Å²) >= 11 is 0. The number of phenolic OH excluding ortho intramolecular Hbond substituents is 1. The molecule has 0 saturated carbocycles. The van der Waals surface area contributed by atoms with E-state index in [0.717, 1.165) is 0 Å². The second kappa shape index (κ2) is 11.1.